The third-order valence-corrected chi connectivity index (χ3v) is 1.26. The molecular formula is C6H3N5O. The molecule has 0 aliphatic heterocycles. The predicted molar refractivity (Wildman–Crippen MR) is 36.6 cm³/mol. The standard InChI is InChI=1S/C6H3N5O/c7-1-5-10-6(11-12-5)4-2-8-3-9-4/h2-3H,(H,8,9). The third-order valence-electron chi connectivity index (χ3n) is 1.26. The summed E-state index contributed by atoms with van der Waals surface area (Å²) in [6, 6.07) is 1.73. The molecule has 1 N–H and O–H groups in total. The van der Waals surface area contributed by atoms with Crippen molar-refractivity contribution in [3.8, 4) is 17.6 Å². The number of H-pyrrole nitrogens is 1. The minimum Gasteiger partial charge on any atom is -0.342 e. The molecule has 6 nitrogen and oxygen atoms in total. The van der Waals surface area contributed by atoms with Gasteiger partial charge in [0.05, 0.1) is 12.5 Å². The van der Waals surface area contributed by atoms with Gasteiger partial charge in [0.1, 0.15) is 5.69 Å². The zero-order valence-corrected chi connectivity index (χ0v) is 5.85. The van der Waals surface area contributed by atoms with Crippen molar-refractivity contribution >= 4 is 0 Å². The molecule has 0 saturated heterocycles. The highest BCUT2D eigenvalue weighted by molar-refractivity contribution is 5.46. The summed E-state index contributed by atoms with van der Waals surface area (Å²) >= 11 is 0. The van der Waals surface area contributed by atoms with Crippen molar-refractivity contribution in [1.29, 1.82) is 5.26 Å². The summed E-state index contributed by atoms with van der Waals surface area (Å²) < 4.78 is 4.57. The Balaban J connectivity index is 2.44. The minimum absolute atomic E-state index is 0.0559. The van der Waals surface area contributed by atoms with Crippen LogP contribution in [0.4, 0.5) is 0 Å². The predicted octanol–water partition coefficient (Wildman–Crippen LogP) is 0.331. The van der Waals surface area contributed by atoms with Crippen molar-refractivity contribution in [3.63, 3.8) is 0 Å². The van der Waals surface area contributed by atoms with Gasteiger partial charge in [0.2, 0.25) is 5.82 Å². The second-order valence-electron chi connectivity index (χ2n) is 2.00. The molecule has 0 aromatic carbocycles. The first kappa shape index (κ1) is 6.54. The molecule has 0 radical (unpaired) electrons. The van der Waals surface area contributed by atoms with Crippen LogP contribution in [0.1, 0.15) is 5.89 Å². The lowest BCUT2D eigenvalue weighted by molar-refractivity contribution is 0.408. The number of nitriles is 1. The molecule has 0 aliphatic rings. The summed E-state index contributed by atoms with van der Waals surface area (Å²) in [6.45, 7) is 0. The van der Waals surface area contributed by atoms with Gasteiger partial charge in [0.25, 0.3) is 0 Å². The fourth-order valence-corrected chi connectivity index (χ4v) is 0.756. The van der Waals surface area contributed by atoms with E-state index in [1.54, 1.807) is 12.3 Å². The molecule has 2 aromatic rings. The summed E-state index contributed by atoms with van der Waals surface area (Å²) in [5.74, 6) is 0.281. The molecule has 2 rings (SSSR count). The van der Waals surface area contributed by atoms with Crippen LogP contribution in [0.2, 0.25) is 0 Å². The van der Waals surface area contributed by atoms with Gasteiger partial charge < -0.3 is 9.51 Å². The van der Waals surface area contributed by atoms with Crippen molar-refractivity contribution in [2.24, 2.45) is 0 Å². The van der Waals surface area contributed by atoms with Gasteiger partial charge in [-0.2, -0.15) is 10.2 Å². The molecular weight excluding hydrogens is 158 g/mol. The van der Waals surface area contributed by atoms with Gasteiger partial charge in [0, 0.05) is 0 Å². The molecule has 0 atom stereocenters. The molecule has 0 spiro atoms. The van der Waals surface area contributed by atoms with Crippen molar-refractivity contribution in [1.82, 2.24) is 20.1 Å². The van der Waals surface area contributed by atoms with E-state index in [9.17, 15) is 0 Å². The molecule has 6 heteroatoms. The summed E-state index contributed by atoms with van der Waals surface area (Å²) in [5.41, 5.74) is 0.625. The zero-order chi connectivity index (χ0) is 8.39. The van der Waals surface area contributed by atoms with Gasteiger partial charge in [-0.25, -0.2) is 4.98 Å². The average molecular weight is 161 g/mol. The molecule has 0 aliphatic carbocycles. The molecule has 0 fully saturated rings. The van der Waals surface area contributed by atoms with Gasteiger partial charge in [-0.3, -0.25) is 0 Å². The molecule has 0 saturated carbocycles. The molecule has 58 valence electrons. The lowest BCUT2D eigenvalue weighted by Crippen LogP contribution is -1.79. The zero-order valence-electron chi connectivity index (χ0n) is 5.85. The highest BCUT2D eigenvalue weighted by Crippen LogP contribution is 2.09. The quantitative estimate of drug-likeness (QED) is 0.650. The second-order valence-corrected chi connectivity index (χ2v) is 2.00. The van der Waals surface area contributed by atoms with Crippen LogP contribution in [0.25, 0.3) is 11.5 Å². The van der Waals surface area contributed by atoms with E-state index in [-0.39, 0.29) is 5.89 Å². The molecule has 2 heterocycles. The lowest BCUT2D eigenvalue weighted by Gasteiger charge is -1.80. The number of nitrogens with zero attached hydrogens (tertiary/aromatic N) is 4. The van der Waals surface area contributed by atoms with Gasteiger partial charge >= 0.3 is 5.89 Å². The normalized spacial score (nSPS) is 9.58. The number of aromatic nitrogens is 4. The van der Waals surface area contributed by atoms with Gasteiger partial charge in [-0.15, -0.1) is 0 Å². The van der Waals surface area contributed by atoms with Crippen LogP contribution < -0.4 is 0 Å². The van der Waals surface area contributed by atoms with Crippen LogP contribution in [0.15, 0.2) is 17.0 Å². The fraction of sp³-hybridized carbons (Fsp3) is 0. The Bertz CT molecular complexity index is 409. The average Bonchev–Trinajstić information content (AvgIpc) is 2.75. The largest absolute Gasteiger partial charge is 0.342 e. The maximum atomic E-state index is 8.38. The number of hydrogen-bond acceptors (Lipinski definition) is 5. The molecule has 0 unspecified atom stereocenters. The topological polar surface area (TPSA) is 91.4 Å². The van der Waals surface area contributed by atoms with Gasteiger partial charge in [0.15, 0.2) is 6.07 Å². The monoisotopic (exact) mass is 161 g/mol. The van der Waals surface area contributed by atoms with Crippen LogP contribution in [0, 0.1) is 11.3 Å². The van der Waals surface area contributed by atoms with Crippen LogP contribution in [-0.2, 0) is 0 Å². The van der Waals surface area contributed by atoms with Crippen LogP contribution in [0.3, 0.4) is 0 Å². The van der Waals surface area contributed by atoms with Crippen molar-refractivity contribution in [2.45, 2.75) is 0 Å². The third kappa shape index (κ3) is 0.932. The Morgan fingerprint density at radius 1 is 1.58 bits per heavy atom. The maximum Gasteiger partial charge on any atom is 0.329 e. The SMILES string of the molecule is N#Cc1nc(-c2cnc[nH]2)no1. The van der Waals surface area contributed by atoms with E-state index in [1.165, 1.54) is 6.33 Å². The number of rotatable bonds is 1. The van der Waals surface area contributed by atoms with Crippen molar-refractivity contribution < 1.29 is 4.52 Å². The Kier molecular flexibility index (Phi) is 1.35. The van der Waals surface area contributed by atoms with Crippen LogP contribution >= 0.6 is 0 Å². The molecule has 0 amide bonds. The van der Waals surface area contributed by atoms with Crippen LogP contribution in [-0.4, -0.2) is 20.1 Å². The lowest BCUT2D eigenvalue weighted by atomic mass is 10.5. The smallest absolute Gasteiger partial charge is 0.329 e. The van der Waals surface area contributed by atoms with E-state index in [1.807, 2.05) is 0 Å². The van der Waals surface area contributed by atoms with Crippen molar-refractivity contribution in [3.05, 3.63) is 18.4 Å². The maximum absolute atomic E-state index is 8.38. The summed E-state index contributed by atoms with van der Waals surface area (Å²) in [5, 5.41) is 11.9. The number of nitrogens with one attached hydrogen (secondary N) is 1. The molecule has 0 bridgehead atoms. The Hall–Kier alpha value is -2.16. The minimum atomic E-state index is -0.0559. The molecule has 12 heavy (non-hydrogen) atoms. The molecule has 2 aromatic heterocycles. The summed E-state index contributed by atoms with van der Waals surface area (Å²) in [6.07, 6.45) is 3.05. The first-order valence-electron chi connectivity index (χ1n) is 3.12. The van der Waals surface area contributed by atoms with E-state index in [0.29, 0.717) is 11.5 Å². The Morgan fingerprint density at radius 2 is 2.50 bits per heavy atom. The van der Waals surface area contributed by atoms with E-state index >= 15 is 0 Å². The first-order chi connectivity index (χ1) is 5.90. The van der Waals surface area contributed by atoms with E-state index in [0.717, 1.165) is 0 Å². The first-order valence-corrected chi connectivity index (χ1v) is 3.12. The highest BCUT2D eigenvalue weighted by Gasteiger charge is 2.07. The van der Waals surface area contributed by atoms with Crippen LogP contribution in [0.5, 0.6) is 0 Å². The Labute approximate surface area is 66.9 Å². The van der Waals surface area contributed by atoms with Gasteiger partial charge in [-0.1, -0.05) is 5.16 Å². The fourth-order valence-electron chi connectivity index (χ4n) is 0.756. The van der Waals surface area contributed by atoms with E-state index in [4.69, 9.17) is 5.26 Å². The second kappa shape index (κ2) is 2.47. The number of hydrogen-bond donors (Lipinski definition) is 1. The van der Waals surface area contributed by atoms with Gasteiger partial charge in [-0.05, 0) is 0 Å². The Morgan fingerprint density at radius 3 is 3.08 bits per heavy atom. The van der Waals surface area contributed by atoms with E-state index in [2.05, 4.69) is 24.6 Å². The highest BCUT2D eigenvalue weighted by atomic mass is 16.5. The van der Waals surface area contributed by atoms with E-state index < -0.39 is 0 Å². The summed E-state index contributed by atoms with van der Waals surface area (Å²) in [7, 11) is 0. The van der Waals surface area contributed by atoms with Crippen molar-refractivity contribution in [2.75, 3.05) is 0 Å². The number of imidazole rings is 1. The number of aromatic amines is 1. The summed E-state index contributed by atoms with van der Waals surface area (Å²) in [4.78, 5) is 10.3.